The summed E-state index contributed by atoms with van der Waals surface area (Å²) >= 11 is 0. The van der Waals surface area contributed by atoms with Gasteiger partial charge < -0.3 is 15.7 Å². The average molecular weight is 291 g/mol. The number of benzene rings is 1. The number of carbonyl (C=O) groups is 2. The number of carboxylic acid groups (broad SMARTS) is 1. The van der Waals surface area contributed by atoms with Gasteiger partial charge in [0.25, 0.3) is 5.91 Å². The van der Waals surface area contributed by atoms with E-state index in [1.807, 2.05) is 24.0 Å². The maximum absolute atomic E-state index is 11.6. The first kappa shape index (κ1) is 15.3. The second kappa shape index (κ2) is 6.58. The van der Waals surface area contributed by atoms with Gasteiger partial charge in [0, 0.05) is 31.9 Å². The smallest absolute Gasteiger partial charge is 0.317 e. The third-order valence-electron chi connectivity index (χ3n) is 3.71. The molecule has 1 aliphatic rings. The Morgan fingerprint density at radius 3 is 2.67 bits per heavy atom. The number of hydrogen-bond acceptors (Lipinski definition) is 4. The number of aliphatic carboxylic acids is 1. The van der Waals surface area contributed by atoms with Crippen molar-refractivity contribution in [2.45, 2.75) is 13.3 Å². The highest BCUT2D eigenvalue weighted by atomic mass is 16.4. The van der Waals surface area contributed by atoms with Gasteiger partial charge in [0.05, 0.1) is 12.1 Å². The summed E-state index contributed by atoms with van der Waals surface area (Å²) in [5, 5.41) is 8.88. The number of nitrogens with two attached hydrogens (primary N) is 1. The van der Waals surface area contributed by atoms with Crippen molar-refractivity contribution in [3.05, 3.63) is 29.3 Å². The van der Waals surface area contributed by atoms with Gasteiger partial charge >= 0.3 is 5.97 Å². The van der Waals surface area contributed by atoms with Crippen molar-refractivity contribution < 1.29 is 14.7 Å². The van der Waals surface area contributed by atoms with E-state index < -0.39 is 11.9 Å². The minimum atomic E-state index is -0.808. The van der Waals surface area contributed by atoms with Crippen molar-refractivity contribution in [3.8, 4) is 0 Å². The second-order valence-corrected chi connectivity index (χ2v) is 5.40. The number of nitrogens with zero attached hydrogens (tertiary/aromatic N) is 2. The van der Waals surface area contributed by atoms with Gasteiger partial charge in [-0.3, -0.25) is 14.5 Å². The first-order valence-electron chi connectivity index (χ1n) is 7.07. The molecule has 0 radical (unpaired) electrons. The fourth-order valence-corrected chi connectivity index (χ4v) is 2.67. The van der Waals surface area contributed by atoms with Crippen LogP contribution in [0.5, 0.6) is 0 Å². The van der Waals surface area contributed by atoms with Gasteiger partial charge in [-0.05, 0) is 31.0 Å². The van der Waals surface area contributed by atoms with E-state index in [2.05, 4.69) is 4.90 Å². The summed E-state index contributed by atoms with van der Waals surface area (Å²) < 4.78 is 0. The molecule has 0 saturated carbocycles. The Balaban J connectivity index is 2.17. The summed E-state index contributed by atoms with van der Waals surface area (Å²) in [5.41, 5.74) is 7.89. The lowest BCUT2D eigenvalue weighted by Crippen LogP contribution is -2.34. The Morgan fingerprint density at radius 1 is 1.24 bits per heavy atom. The standard InChI is InChI=1S/C15H21N3O3/c1-11-3-4-12(15(16)21)13(9-11)18-6-2-5-17(7-8-18)10-14(19)20/h3-4,9H,2,5-8,10H2,1H3,(H2,16,21)(H,19,20). The molecule has 1 amide bonds. The van der Waals surface area contributed by atoms with Crippen LogP contribution in [0.1, 0.15) is 22.3 Å². The Labute approximate surface area is 124 Å². The molecule has 0 bridgehead atoms. The molecule has 0 spiro atoms. The number of aryl methyl sites for hydroxylation is 1. The van der Waals surface area contributed by atoms with Crippen molar-refractivity contribution in [1.29, 1.82) is 0 Å². The topological polar surface area (TPSA) is 86.9 Å². The van der Waals surface area contributed by atoms with Crippen molar-refractivity contribution in [1.82, 2.24) is 4.90 Å². The molecule has 6 nitrogen and oxygen atoms in total. The minimum absolute atomic E-state index is 0.0599. The highest BCUT2D eigenvalue weighted by Gasteiger charge is 2.20. The van der Waals surface area contributed by atoms with Crippen LogP contribution >= 0.6 is 0 Å². The fourth-order valence-electron chi connectivity index (χ4n) is 2.67. The highest BCUT2D eigenvalue weighted by molar-refractivity contribution is 5.98. The Morgan fingerprint density at radius 2 is 2.00 bits per heavy atom. The normalized spacial score (nSPS) is 16.5. The third-order valence-corrected chi connectivity index (χ3v) is 3.71. The van der Waals surface area contributed by atoms with Crippen LogP contribution in [0, 0.1) is 6.92 Å². The predicted molar refractivity (Wildman–Crippen MR) is 80.6 cm³/mol. The van der Waals surface area contributed by atoms with Crippen molar-refractivity contribution in [3.63, 3.8) is 0 Å². The molecular weight excluding hydrogens is 270 g/mol. The predicted octanol–water partition coefficient (Wildman–Crippen LogP) is 0.691. The summed E-state index contributed by atoms with van der Waals surface area (Å²) in [6.07, 6.45) is 0.861. The van der Waals surface area contributed by atoms with Crippen LogP contribution in [0.2, 0.25) is 0 Å². The zero-order valence-corrected chi connectivity index (χ0v) is 12.2. The van der Waals surface area contributed by atoms with E-state index in [9.17, 15) is 9.59 Å². The molecule has 114 valence electrons. The number of carboxylic acids is 1. The van der Waals surface area contributed by atoms with Crippen molar-refractivity contribution in [2.24, 2.45) is 5.73 Å². The summed E-state index contributed by atoms with van der Waals surface area (Å²) in [7, 11) is 0. The molecule has 1 aromatic rings. The van der Waals surface area contributed by atoms with Crippen LogP contribution in [0.4, 0.5) is 5.69 Å². The van der Waals surface area contributed by atoms with Gasteiger partial charge in [-0.25, -0.2) is 0 Å². The molecule has 0 aromatic heterocycles. The van der Waals surface area contributed by atoms with Gasteiger partial charge in [0.2, 0.25) is 0 Å². The second-order valence-electron chi connectivity index (χ2n) is 5.40. The van der Waals surface area contributed by atoms with E-state index in [0.717, 1.165) is 30.8 Å². The molecule has 1 fully saturated rings. The molecule has 0 aliphatic carbocycles. The molecule has 1 aromatic carbocycles. The largest absolute Gasteiger partial charge is 0.480 e. The highest BCUT2D eigenvalue weighted by Crippen LogP contribution is 2.23. The molecule has 1 saturated heterocycles. The maximum Gasteiger partial charge on any atom is 0.317 e. The van der Waals surface area contributed by atoms with Gasteiger partial charge in [0.15, 0.2) is 0 Å². The van der Waals surface area contributed by atoms with E-state index >= 15 is 0 Å². The summed E-state index contributed by atoms with van der Waals surface area (Å²) in [4.78, 5) is 26.4. The van der Waals surface area contributed by atoms with E-state index in [1.54, 1.807) is 6.07 Å². The van der Waals surface area contributed by atoms with Crippen LogP contribution in [0.25, 0.3) is 0 Å². The lowest BCUT2D eigenvalue weighted by molar-refractivity contribution is -0.138. The molecule has 1 aliphatic heterocycles. The zero-order chi connectivity index (χ0) is 15.4. The van der Waals surface area contributed by atoms with Gasteiger partial charge in [0.1, 0.15) is 0 Å². The average Bonchev–Trinajstić information content (AvgIpc) is 2.63. The molecule has 1 heterocycles. The Kier molecular flexibility index (Phi) is 4.80. The summed E-state index contributed by atoms with van der Waals surface area (Å²) in [6, 6.07) is 5.60. The van der Waals surface area contributed by atoms with Gasteiger partial charge in [-0.2, -0.15) is 0 Å². The molecule has 0 unspecified atom stereocenters. The molecule has 21 heavy (non-hydrogen) atoms. The monoisotopic (exact) mass is 291 g/mol. The van der Waals surface area contributed by atoms with E-state index in [4.69, 9.17) is 10.8 Å². The number of rotatable bonds is 4. The molecule has 0 atom stereocenters. The quantitative estimate of drug-likeness (QED) is 0.852. The summed E-state index contributed by atoms with van der Waals surface area (Å²) in [6.45, 7) is 4.93. The molecular formula is C15H21N3O3. The lowest BCUT2D eigenvalue weighted by atomic mass is 10.1. The van der Waals surface area contributed by atoms with Crippen molar-refractivity contribution in [2.75, 3.05) is 37.6 Å². The number of hydrogen-bond donors (Lipinski definition) is 2. The van der Waals surface area contributed by atoms with Crippen LogP contribution < -0.4 is 10.6 Å². The van der Waals surface area contributed by atoms with E-state index in [0.29, 0.717) is 18.7 Å². The van der Waals surface area contributed by atoms with Crippen LogP contribution in [0.15, 0.2) is 18.2 Å². The first-order valence-corrected chi connectivity index (χ1v) is 7.07. The number of amides is 1. The van der Waals surface area contributed by atoms with E-state index in [-0.39, 0.29) is 6.54 Å². The zero-order valence-electron chi connectivity index (χ0n) is 12.2. The lowest BCUT2D eigenvalue weighted by Gasteiger charge is -2.25. The Bertz CT molecular complexity index is 545. The SMILES string of the molecule is Cc1ccc(C(N)=O)c(N2CCCN(CC(=O)O)CC2)c1. The van der Waals surface area contributed by atoms with Gasteiger partial charge in [-0.1, -0.05) is 6.07 Å². The van der Waals surface area contributed by atoms with Crippen LogP contribution in [0.3, 0.4) is 0 Å². The van der Waals surface area contributed by atoms with E-state index in [1.165, 1.54) is 0 Å². The third kappa shape index (κ3) is 3.95. The number of carbonyl (C=O) groups excluding carboxylic acids is 1. The summed E-state index contributed by atoms with van der Waals surface area (Å²) in [5.74, 6) is -1.24. The van der Waals surface area contributed by atoms with Crippen LogP contribution in [-0.2, 0) is 4.79 Å². The molecule has 3 N–H and O–H groups in total. The maximum atomic E-state index is 11.6. The Hall–Kier alpha value is -2.08. The van der Waals surface area contributed by atoms with Crippen molar-refractivity contribution >= 4 is 17.6 Å². The first-order chi connectivity index (χ1) is 9.97. The fraction of sp³-hybridized carbons (Fsp3) is 0.467. The molecule has 6 heteroatoms. The molecule has 2 rings (SSSR count). The van der Waals surface area contributed by atoms with Crippen LogP contribution in [-0.4, -0.2) is 54.6 Å². The minimum Gasteiger partial charge on any atom is -0.480 e. The number of anilines is 1. The van der Waals surface area contributed by atoms with Gasteiger partial charge in [-0.15, -0.1) is 0 Å². The number of primary amides is 1.